The van der Waals surface area contributed by atoms with Crippen molar-refractivity contribution in [2.45, 2.75) is 20.4 Å². The molecule has 0 atom stereocenters. The molecule has 0 aliphatic rings. The molecule has 0 bridgehead atoms. The summed E-state index contributed by atoms with van der Waals surface area (Å²) < 4.78 is 0. The van der Waals surface area contributed by atoms with Crippen molar-refractivity contribution in [3.05, 3.63) is 82.3 Å². The molecule has 38 heavy (non-hydrogen) atoms. The summed E-state index contributed by atoms with van der Waals surface area (Å²) in [4.78, 5) is 19.4. The summed E-state index contributed by atoms with van der Waals surface area (Å²) in [5.74, 6) is 1.67. The van der Waals surface area contributed by atoms with Gasteiger partial charge in [-0.25, -0.2) is 9.97 Å². The third-order valence-corrected chi connectivity index (χ3v) is 6.91. The first-order valence-corrected chi connectivity index (χ1v) is 13.0. The van der Waals surface area contributed by atoms with E-state index in [1.807, 2.05) is 48.5 Å². The molecule has 0 amide bonds. The molecule has 3 aromatic carbocycles. The average molecular weight is 548 g/mol. The number of nitrogens with zero attached hydrogens (tertiary/aromatic N) is 4. The minimum absolute atomic E-state index is 0.266. The van der Waals surface area contributed by atoms with Crippen molar-refractivity contribution in [3.8, 4) is 17.0 Å². The Morgan fingerprint density at radius 3 is 2.39 bits per heavy atom. The Balaban J connectivity index is 1.48. The zero-order valence-corrected chi connectivity index (χ0v) is 22.5. The van der Waals surface area contributed by atoms with Gasteiger partial charge in [0.2, 0.25) is 11.9 Å². The first kappa shape index (κ1) is 25.8. The molecule has 0 aliphatic heterocycles. The number of phenols is 1. The predicted molar refractivity (Wildman–Crippen MR) is 155 cm³/mol. The molecule has 5 rings (SSSR count). The number of rotatable bonds is 9. The van der Waals surface area contributed by atoms with E-state index in [1.54, 1.807) is 18.2 Å². The highest BCUT2D eigenvalue weighted by molar-refractivity contribution is 6.42. The van der Waals surface area contributed by atoms with Crippen LogP contribution in [0.3, 0.4) is 0 Å². The maximum atomic E-state index is 10.4. The number of aromatic hydroxyl groups is 1. The van der Waals surface area contributed by atoms with Crippen molar-refractivity contribution in [1.82, 2.24) is 24.8 Å². The topological polar surface area (TPSA) is 102 Å². The fourth-order valence-corrected chi connectivity index (χ4v) is 4.44. The number of benzene rings is 3. The van der Waals surface area contributed by atoms with E-state index >= 15 is 0 Å². The van der Waals surface area contributed by atoms with Crippen molar-refractivity contribution < 1.29 is 5.11 Å². The van der Waals surface area contributed by atoms with Gasteiger partial charge in [-0.2, -0.15) is 4.98 Å². The third-order valence-electron chi connectivity index (χ3n) is 6.19. The maximum Gasteiger partial charge on any atom is 0.232 e. The Kier molecular flexibility index (Phi) is 7.64. The van der Waals surface area contributed by atoms with E-state index in [0.717, 1.165) is 41.1 Å². The average Bonchev–Trinajstić information content (AvgIpc) is 3.30. The normalized spacial score (nSPS) is 11.3. The van der Waals surface area contributed by atoms with Gasteiger partial charge in [0, 0.05) is 29.4 Å². The molecule has 0 spiro atoms. The molecule has 8 nitrogen and oxygen atoms in total. The number of anilines is 4. The van der Waals surface area contributed by atoms with Gasteiger partial charge in [0.25, 0.3) is 0 Å². The van der Waals surface area contributed by atoms with Crippen LogP contribution in [0.25, 0.3) is 22.3 Å². The summed E-state index contributed by atoms with van der Waals surface area (Å²) in [5, 5.41) is 17.8. The second-order valence-corrected chi connectivity index (χ2v) is 9.57. The van der Waals surface area contributed by atoms with E-state index in [0.29, 0.717) is 39.8 Å². The Morgan fingerprint density at radius 1 is 0.868 bits per heavy atom. The zero-order valence-electron chi connectivity index (χ0n) is 21.0. The molecule has 4 N–H and O–H groups in total. The first-order chi connectivity index (χ1) is 18.4. The molecular weight excluding hydrogens is 521 g/mol. The van der Waals surface area contributed by atoms with Gasteiger partial charge in [-0.15, -0.1) is 0 Å². The van der Waals surface area contributed by atoms with Gasteiger partial charge >= 0.3 is 0 Å². The first-order valence-electron chi connectivity index (χ1n) is 12.3. The Bertz CT molecular complexity index is 1530. The largest absolute Gasteiger partial charge is 0.508 e. The summed E-state index contributed by atoms with van der Waals surface area (Å²) in [6.45, 7) is 6.66. The lowest BCUT2D eigenvalue weighted by molar-refractivity contribution is 0.291. The number of hydrogen-bond acceptors (Lipinski definition) is 7. The lowest BCUT2D eigenvalue weighted by atomic mass is 10.1. The Labute approximate surface area is 230 Å². The van der Waals surface area contributed by atoms with Gasteiger partial charge in [0.1, 0.15) is 11.6 Å². The van der Waals surface area contributed by atoms with Crippen molar-refractivity contribution in [1.29, 1.82) is 0 Å². The van der Waals surface area contributed by atoms with Crippen molar-refractivity contribution >= 4 is 57.6 Å². The number of aromatic amines is 1. The second-order valence-electron chi connectivity index (χ2n) is 8.75. The van der Waals surface area contributed by atoms with Gasteiger partial charge in [-0.3, -0.25) is 10.2 Å². The van der Waals surface area contributed by atoms with Crippen LogP contribution in [0.5, 0.6) is 5.75 Å². The number of hydrogen-bond donors (Lipinski definition) is 4. The van der Waals surface area contributed by atoms with Gasteiger partial charge in [0.05, 0.1) is 26.8 Å². The number of aromatic nitrogens is 4. The van der Waals surface area contributed by atoms with Crippen LogP contribution in [0.15, 0.2) is 66.7 Å². The van der Waals surface area contributed by atoms with E-state index < -0.39 is 0 Å². The minimum Gasteiger partial charge on any atom is -0.508 e. The highest BCUT2D eigenvalue weighted by atomic mass is 35.5. The number of phenolic OH excluding ortho intramolecular Hbond substituents is 1. The molecule has 5 aromatic rings. The zero-order chi connectivity index (χ0) is 26.6. The van der Waals surface area contributed by atoms with Crippen LogP contribution in [-0.2, 0) is 6.54 Å². The summed E-state index contributed by atoms with van der Waals surface area (Å²) in [5.41, 5.74) is 4.73. The van der Waals surface area contributed by atoms with Crippen LogP contribution in [-0.4, -0.2) is 43.0 Å². The van der Waals surface area contributed by atoms with Crippen LogP contribution in [0.2, 0.25) is 10.0 Å². The van der Waals surface area contributed by atoms with Gasteiger partial charge < -0.3 is 15.4 Å². The summed E-state index contributed by atoms with van der Waals surface area (Å²) in [6, 6.07) is 20.6. The summed E-state index contributed by atoms with van der Waals surface area (Å²) >= 11 is 12.3. The van der Waals surface area contributed by atoms with E-state index in [2.05, 4.69) is 44.3 Å². The number of imidazole rings is 1. The molecule has 10 heteroatoms. The van der Waals surface area contributed by atoms with E-state index in [4.69, 9.17) is 28.2 Å². The van der Waals surface area contributed by atoms with E-state index in [-0.39, 0.29) is 5.75 Å². The lowest BCUT2D eigenvalue weighted by Gasteiger charge is -2.19. The Hall–Kier alpha value is -3.85. The summed E-state index contributed by atoms with van der Waals surface area (Å²) in [7, 11) is 0. The van der Waals surface area contributed by atoms with Crippen molar-refractivity contribution in [3.63, 3.8) is 0 Å². The fourth-order valence-electron chi connectivity index (χ4n) is 4.12. The molecule has 0 saturated heterocycles. The van der Waals surface area contributed by atoms with Crippen LogP contribution >= 0.6 is 23.2 Å². The van der Waals surface area contributed by atoms with Crippen molar-refractivity contribution in [2.24, 2.45) is 0 Å². The van der Waals surface area contributed by atoms with E-state index in [9.17, 15) is 5.11 Å². The molecule has 0 fully saturated rings. The molecular formula is C28H27Cl2N7O. The highest BCUT2D eigenvalue weighted by Crippen LogP contribution is 2.30. The molecule has 0 aliphatic carbocycles. The lowest BCUT2D eigenvalue weighted by Crippen LogP contribution is -2.22. The monoisotopic (exact) mass is 547 g/mol. The number of H-pyrrole nitrogens is 1. The number of fused-ring (bicyclic) bond motifs is 1. The molecule has 0 radical (unpaired) electrons. The fraction of sp³-hybridized carbons (Fsp3) is 0.179. The molecule has 2 aromatic heterocycles. The Morgan fingerprint density at radius 2 is 1.63 bits per heavy atom. The van der Waals surface area contributed by atoms with Crippen LogP contribution in [0.1, 0.15) is 19.4 Å². The van der Waals surface area contributed by atoms with Crippen LogP contribution in [0, 0.1) is 0 Å². The summed E-state index contributed by atoms with van der Waals surface area (Å²) in [6.07, 6.45) is 0. The van der Waals surface area contributed by atoms with Crippen LogP contribution < -0.4 is 10.6 Å². The number of nitrogens with one attached hydrogen (secondary N) is 3. The molecule has 0 unspecified atom stereocenters. The van der Waals surface area contributed by atoms with Gasteiger partial charge in [0.15, 0.2) is 0 Å². The molecule has 0 saturated carbocycles. The maximum absolute atomic E-state index is 10.4. The minimum atomic E-state index is 0.266. The second kappa shape index (κ2) is 11.3. The molecule has 2 heterocycles. The molecule has 194 valence electrons. The smallest absolute Gasteiger partial charge is 0.232 e. The predicted octanol–water partition coefficient (Wildman–Crippen LogP) is 7.36. The van der Waals surface area contributed by atoms with Crippen LogP contribution in [0.4, 0.5) is 23.4 Å². The SMILES string of the molecule is CCN(CC)Cc1cc(Nc2cc(-c3ccccc3)nc(Nc3nc4cc(Cl)c(Cl)cc4[nH]3)n2)ccc1O. The standard InChI is InChI=1S/C28H27Cl2N7O/c1-3-37(4-2)16-18-12-19(10-11-25(18)38)31-26-15-22(17-8-6-5-7-9-17)32-28(35-26)36-27-33-23-13-20(29)21(30)14-24(23)34-27/h5-15,38H,3-4,16H2,1-2H3,(H3,31,32,33,34,35,36). The van der Waals surface area contributed by atoms with E-state index in [1.165, 1.54) is 0 Å². The quantitative estimate of drug-likeness (QED) is 0.143. The van der Waals surface area contributed by atoms with Gasteiger partial charge in [-0.05, 0) is 43.4 Å². The number of halogens is 2. The third kappa shape index (κ3) is 5.83. The highest BCUT2D eigenvalue weighted by Gasteiger charge is 2.13. The van der Waals surface area contributed by atoms with Gasteiger partial charge in [-0.1, -0.05) is 67.4 Å². The van der Waals surface area contributed by atoms with Crippen molar-refractivity contribution in [2.75, 3.05) is 23.7 Å².